The number of nitrogens with two attached hydrogens (primary N) is 2. The second-order valence-corrected chi connectivity index (χ2v) is 12.6. The average Bonchev–Trinajstić information content (AvgIpc) is 2.91. The third-order valence-electron chi connectivity index (χ3n) is 5.89. The molecular formula is C30H50FN5O6S. The van der Waals surface area contributed by atoms with Gasteiger partial charge in [-0.25, -0.2) is 27.1 Å². The van der Waals surface area contributed by atoms with Gasteiger partial charge in [-0.3, -0.25) is 4.79 Å². The number of aliphatic carboxylic acids is 1. The molecule has 1 aromatic carbocycles. The van der Waals surface area contributed by atoms with Crippen molar-refractivity contribution in [2.24, 2.45) is 11.5 Å². The maximum Gasteiger partial charge on any atom is 0.303 e. The van der Waals surface area contributed by atoms with Gasteiger partial charge < -0.3 is 26.8 Å². The molecule has 244 valence electrons. The lowest BCUT2D eigenvalue weighted by Gasteiger charge is -2.20. The number of benzene rings is 1. The lowest BCUT2D eigenvalue weighted by molar-refractivity contribution is -0.136. The predicted molar refractivity (Wildman–Crippen MR) is 171 cm³/mol. The van der Waals surface area contributed by atoms with Crippen molar-refractivity contribution in [3.8, 4) is 11.3 Å². The number of carboxylic acid groups (broad SMARTS) is 1. The molecule has 13 heteroatoms. The summed E-state index contributed by atoms with van der Waals surface area (Å²) in [5, 5.41) is 27.3. The Hall–Kier alpha value is -2.97. The Kier molecular flexibility index (Phi) is 18.7. The van der Waals surface area contributed by atoms with Crippen LogP contribution >= 0.6 is 0 Å². The first-order valence-corrected chi connectivity index (χ1v) is 16.1. The largest absolute Gasteiger partial charge is 0.481 e. The molecule has 1 heterocycles. The average molecular weight is 628 g/mol. The second-order valence-electron chi connectivity index (χ2n) is 10.6. The summed E-state index contributed by atoms with van der Waals surface area (Å²) in [5.74, 6) is -1.24. The van der Waals surface area contributed by atoms with E-state index in [1.165, 1.54) is 31.7 Å². The van der Waals surface area contributed by atoms with Crippen LogP contribution in [0.25, 0.3) is 17.3 Å². The zero-order chi connectivity index (χ0) is 33.3. The quantitative estimate of drug-likeness (QED) is 0.203. The Bertz CT molecular complexity index is 1240. The first-order chi connectivity index (χ1) is 19.9. The number of nitrogens with zero attached hydrogens (tertiary/aromatic N) is 3. The van der Waals surface area contributed by atoms with E-state index in [0.717, 1.165) is 29.9 Å². The van der Waals surface area contributed by atoms with Gasteiger partial charge in [-0.05, 0) is 63.4 Å². The highest BCUT2D eigenvalue weighted by molar-refractivity contribution is 7.92. The van der Waals surface area contributed by atoms with E-state index < -0.39 is 34.0 Å². The first kappa shape index (κ1) is 40.0. The summed E-state index contributed by atoms with van der Waals surface area (Å²) < 4.78 is 38.5. The summed E-state index contributed by atoms with van der Waals surface area (Å²) in [6, 6.07) is 6.04. The van der Waals surface area contributed by atoms with Crippen molar-refractivity contribution in [3.05, 3.63) is 47.4 Å². The fraction of sp³-hybridized carbons (Fsp3) is 0.567. The first-order valence-electron chi connectivity index (χ1n) is 14.3. The van der Waals surface area contributed by atoms with Crippen LogP contribution in [0.5, 0.6) is 0 Å². The third kappa shape index (κ3) is 16.5. The lowest BCUT2D eigenvalue weighted by atomic mass is 9.97. The van der Waals surface area contributed by atoms with Crippen LogP contribution in [-0.4, -0.2) is 77.8 Å². The van der Waals surface area contributed by atoms with E-state index in [2.05, 4.69) is 9.97 Å². The van der Waals surface area contributed by atoms with Gasteiger partial charge in [0.05, 0.1) is 29.9 Å². The summed E-state index contributed by atoms with van der Waals surface area (Å²) in [6.45, 7) is 9.82. The predicted octanol–water partition coefficient (Wildman–Crippen LogP) is 3.89. The number of unbranched alkanes of at least 4 members (excludes halogenated alkanes) is 1. The Morgan fingerprint density at radius 1 is 1.09 bits per heavy atom. The number of hydrogen-bond acceptors (Lipinski definition) is 9. The van der Waals surface area contributed by atoms with E-state index in [4.69, 9.17) is 16.6 Å². The number of sulfonamides is 1. The normalized spacial score (nSPS) is 13.4. The van der Waals surface area contributed by atoms with Gasteiger partial charge in [0.2, 0.25) is 16.0 Å². The fourth-order valence-electron chi connectivity index (χ4n) is 3.44. The van der Waals surface area contributed by atoms with Crippen LogP contribution in [0.4, 0.5) is 10.3 Å². The molecule has 0 aliphatic heterocycles. The van der Waals surface area contributed by atoms with E-state index in [9.17, 15) is 27.8 Å². The Morgan fingerprint density at radius 2 is 1.65 bits per heavy atom. The standard InChI is InChI=1S/C21H28FN3O4S.C6H16N2.C3H6O2/c1-13(2)19-18(11-10-17(27)12-14(3)26)20(15-6-8-16(22)9-7-15)24-21(23-19)25(4)30(5,28)29;1-6(8)4-2-3-5-7;1-2-3(4)5/h6-11,13-14,17,26-27H,12H2,1-5H3;6H,2-5,7-8H2,1H3;2H2,1H3,(H,4,5)/b11-10+;;/t14-,17+;6-;/m00./s1. The number of aliphatic hydroxyl groups excluding tert-OH is 2. The highest BCUT2D eigenvalue weighted by atomic mass is 32.2. The SMILES string of the molecule is CC(C)c1nc(N(C)S(C)(=O)=O)nc(-c2ccc(F)cc2)c1/C=C/[C@@H](O)C[C@H](C)O.CCC(=O)O.C[C@H](N)CCCCN. The lowest BCUT2D eigenvalue weighted by Crippen LogP contribution is -2.27. The van der Waals surface area contributed by atoms with Gasteiger partial charge in [-0.15, -0.1) is 0 Å². The molecule has 0 saturated heterocycles. The molecule has 0 radical (unpaired) electrons. The smallest absolute Gasteiger partial charge is 0.303 e. The van der Waals surface area contributed by atoms with Crippen LogP contribution in [0.2, 0.25) is 0 Å². The minimum absolute atomic E-state index is 0.00204. The Balaban J connectivity index is 0.00000113. The summed E-state index contributed by atoms with van der Waals surface area (Å²) in [5.41, 5.74) is 12.9. The molecule has 0 unspecified atom stereocenters. The molecule has 2 aromatic rings. The number of carboxylic acids is 1. The second kappa shape index (κ2) is 20.1. The van der Waals surface area contributed by atoms with Crippen molar-refractivity contribution in [2.75, 3.05) is 24.2 Å². The Labute approximate surface area is 255 Å². The van der Waals surface area contributed by atoms with Crippen LogP contribution in [0.15, 0.2) is 30.3 Å². The monoisotopic (exact) mass is 627 g/mol. The molecule has 0 spiro atoms. The summed E-state index contributed by atoms with van der Waals surface area (Å²) in [6.07, 6.45) is 6.47. The number of carbonyl (C=O) groups is 1. The zero-order valence-corrected chi connectivity index (χ0v) is 27.2. The van der Waals surface area contributed by atoms with Crippen molar-refractivity contribution < 1.29 is 32.9 Å². The van der Waals surface area contributed by atoms with Gasteiger partial charge in [0.1, 0.15) is 5.82 Å². The summed E-state index contributed by atoms with van der Waals surface area (Å²) in [4.78, 5) is 18.3. The van der Waals surface area contributed by atoms with E-state index >= 15 is 0 Å². The van der Waals surface area contributed by atoms with E-state index in [1.54, 1.807) is 32.1 Å². The molecular weight excluding hydrogens is 577 g/mol. The van der Waals surface area contributed by atoms with Gasteiger partial charge in [0, 0.05) is 37.1 Å². The van der Waals surface area contributed by atoms with Crippen LogP contribution in [0.1, 0.15) is 83.9 Å². The van der Waals surface area contributed by atoms with Gasteiger partial charge >= 0.3 is 5.97 Å². The molecule has 1 aromatic heterocycles. The number of anilines is 1. The summed E-state index contributed by atoms with van der Waals surface area (Å²) >= 11 is 0. The van der Waals surface area contributed by atoms with Crippen LogP contribution in [-0.2, 0) is 14.8 Å². The number of halogens is 1. The Morgan fingerprint density at radius 3 is 2.07 bits per heavy atom. The topological polar surface area (TPSA) is 193 Å². The number of rotatable bonds is 13. The van der Waals surface area contributed by atoms with Gasteiger partial charge in [-0.2, -0.15) is 0 Å². The number of aromatic nitrogens is 2. The van der Waals surface area contributed by atoms with Crippen molar-refractivity contribution in [1.82, 2.24) is 9.97 Å². The third-order valence-corrected chi connectivity index (χ3v) is 7.05. The van der Waals surface area contributed by atoms with Gasteiger partial charge in [-0.1, -0.05) is 39.3 Å². The van der Waals surface area contributed by atoms with E-state index in [1.807, 2.05) is 20.8 Å². The molecule has 0 bridgehead atoms. The van der Waals surface area contributed by atoms with E-state index in [0.29, 0.717) is 28.6 Å². The zero-order valence-electron chi connectivity index (χ0n) is 26.4. The molecule has 11 nitrogen and oxygen atoms in total. The number of hydrogen-bond donors (Lipinski definition) is 5. The molecule has 0 fully saturated rings. The van der Waals surface area contributed by atoms with E-state index in [-0.39, 0.29) is 24.7 Å². The molecule has 43 heavy (non-hydrogen) atoms. The molecule has 0 aliphatic rings. The molecule has 3 atom stereocenters. The molecule has 0 saturated carbocycles. The minimum atomic E-state index is -3.59. The highest BCUT2D eigenvalue weighted by Gasteiger charge is 2.22. The number of aliphatic hydroxyl groups is 2. The molecule has 0 amide bonds. The van der Waals surface area contributed by atoms with Crippen molar-refractivity contribution in [1.29, 1.82) is 0 Å². The van der Waals surface area contributed by atoms with Crippen molar-refractivity contribution in [2.45, 2.75) is 90.9 Å². The fourth-order valence-corrected chi connectivity index (χ4v) is 3.82. The highest BCUT2D eigenvalue weighted by Crippen LogP contribution is 2.31. The van der Waals surface area contributed by atoms with Crippen molar-refractivity contribution >= 4 is 28.0 Å². The maximum absolute atomic E-state index is 13.5. The van der Waals surface area contributed by atoms with Crippen LogP contribution in [0.3, 0.4) is 0 Å². The minimum Gasteiger partial charge on any atom is -0.481 e. The summed E-state index contributed by atoms with van der Waals surface area (Å²) in [7, 11) is -2.23. The maximum atomic E-state index is 13.5. The molecule has 0 aliphatic carbocycles. The van der Waals surface area contributed by atoms with Crippen LogP contribution in [0, 0.1) is 5.82 Å². The molecule has 2 rings (SSSR count). The van der Waals surface area contributed by atoms with Crippen LogP contribution < -0.4 is 15.8 Å². The molecule has 7 N–H and O–H groups in total. The van der Waals surface area contributed by atoms with Gasteiger partial charge in [0.15, 0.2) is 0 Å². The van der Waals surface area contributed by atoms with Crippen molar-refractivity contribution in [3.63, 3.8) is 0 Å². The van der Waals surface area contributed by atoms with Gasteiger partial charge in [0.25, 0.3) is 0 Å².